The van der Waals surface area contributed by atoms with Crippen molar-refractivity contribution in [3.8, 4) is 5.75 Å². The number of carbonyl (C=O) groups is 1. The van der Waals surface area contributed by atoms with Crippen LogP contribution in [0.5, 0.6) is 5.75 Å². The van der Waals surface area contributed by atoms with E-state index in [1.54, 1.807) is 41.2 Å². The van der Waals surface area contributed by atoms with Gasteiger partial charge in [0.25, 0.3) is 5.91 Å². The quantitative estimate of drug-likeness (QED) is 0.703. The maximum absolute atomic E-state index is 12.1. The fourth-order valence-electron chi connectivity index (χ4n) is 1.92. The Bertz CT molecular complexity index is 884. The Morgan fingerprint density at radius 1 is 1.35 bits per heavy atom. The fourth-order valence-corrected chi connectivity index (χ4v) is 2.83. The van der Waals surface area contributed by atoms with Crippen molar-refractivity contribution < 1.29 is 9.53 Å². The van der Waals surface area contributed by atoms with E-state index >= 15 is 0 Å². The van der Waals surface area contributed by atoms with Crippen molar-refractivity contribution in [3.63, 3.8) is 0 Å². The third-order valence-electron chi connectivity index (χ3n) is 2.89. The molecule has 0 aliphatic rings. The molecule has 1 aromatic carbocycles. The first-order valence-corrected chi connectivity index (χ1v) is 7.94. The van der Waals surface area contributed by atoms with Crippen molar-refractivity contribution in [2.75, 3.05) is 11.9 Å². The molecule has 0 atom stereocenters. The van der Waals surface area contributed by atoms with Crippen LogP contribution in [-0.2, 0) is 4.79 Å². The number of fused-ring (bicyclic) bond motifs is 1. The first-order chi connectivity index (χ1) is 11.0. The van der Waals surface area contributed by atoms with Gasteiger partial charge in [-0.2, -0.15) is 0 Å². The average Bonchev–Trinajstić information content (AvgIpc) is 2.94. The number of hydrogen-bond acceptors (Lipinski definition) is 4. The zero-order valence-corrected chi connectivity index (χ0v) is 14.6. The number of hydrogen-bond donors (Lipinski definition) is 1. The number of benzene rings is 1. The molecule has 3 aromatic rings. The van der Waals surface area contributed by atoms with Gasteiger partial charge in [-0.05, 0) is 40.2 Å². The zero-order valence-electron chi connectivity index (χ0n) is 11.5. The topological polar surface area (TPSA) is 68.5 Å². The highest BCUT2D eigenvalue weighted by atomic mass is 79.9. The normalized spacial score (nSPS) is 10.7. The molecule has 118 valence electrons. The summed E-state index contributed by atoms with van der Waals surface area (Å²) in [5.41, 5.74) is 1.05. The van der Waals surface area contributed by atoms with E-state index in [9.17, 15) is 4.79 Å². The van der Waals surface area contributed by atoms with Crippen LogP contribution in [0.2, 0.25) is 10.0 Å². The van der Waals surface area contributed by atoms with Crippen LogP contribution in [-0.4, -0.2) is 27.1 Å². The summed E-state index contributed by atoms with van der Waals surface area (Å²) < 4.78 is 7.86. The predicted octanol–water partition coefficient (Wildman–Crippen LogP) is 3.82. The Kier molecular flexibility index (Phi) is 4.70. The van der Waals surface area contributed by atoms with E-state index in [0.29, 0.717) is 27.1 Å². The summed E-state index contributed by atoms with van der Waals surface area (Å²) in [6.45, 7) is -0.200. The van der Waals surface area contributed by atoms with E-state index in [0.717, 1.165) is 4.47 Å². The largest absolute Gasteiger partial charge is 0.482 e. The minimum Gasteiger partial charge on any atom is -0.482 e. The first kappa shape index (κ1) is 16.0. The second-order valence-electron chi connectivity index (χ2n) is 4.55. The number of nitrogens with zero attached hydrogens (tertiary/aromatic N) is 3. The van der Waals surface area contributed by atoms with Gasteiger partial charge in [-0.25, -0.2) is 0 Å². The van der Waals surface area contributed by atoms with E-state index in [1.807, 2.05) is 0 Å². The van der Waals surface area contributed by atoms with E-state index in [1.165, 1.54) is 0 Å². The first-order valence-electron chi connectivity index (χ1n) is 6.39. The van der Waals surface area contributed by atoms with Gasteiger partial charge < -0.3 is 10.1 Å². The zero-order chi connectivity index (χ0) is 16.4. The summed E-state index contributed by atoms with van der Waals surface area (Å²) in [4.78, 5) is 12.1. The molecule has 0 aliphatic carbocycles. The standard InChI is InChI=1S/C14H9BrCl2N4O2/c15-8-3-11(14-20-18-7-21(14)5-8)19-13(22)6-23-12-2-1-9(16)4-10(12)17/h1-5,7H,6H2,(H,19,22). The van der Waals surface area contributed by atoms with Crippen molar-refractivity contribution in [1.29, 1.82) is 0 Å². The second kappa shape index (κ2) is 6.74. The molecule has 2 heterocycles. The number of ether oxygens (including phenoxy) is 1. The van der Waals surface area contributed by atoms with Crippen molar-refractivity contribution in [2.45, 2.75) is 0 Å². The lowest BCUT2D eigenvalue weighted by Gasteiger charge is -2.09. The van der Waals surface area contributed by atoms with Crippen LogP contribution in [0.15, 0.2) is 41.3 Å². The van der Waals surface area contributed by atoms with Gasteiger partial charge in [0, 0.05) is 15.7 Å². The molecule has 2 aromatic heterocycles. The number of anilines is 1. The molecule has 0 saturated carbocycles. The van der Waals surface area contributed by atoms with Gasteiger partial charge in [-0.15, -0.1) is 10.2 Å². The molecule has 0 spiro atoms. The Morgan fingerprint density at radius 2 is 2.17 bits per heavy atom. The van der Waals surface area contributed by atoms with Crippen molar-refractivity contribution in [1.82, 2.24) is 14.6 Å². The number of nitrogens with one attached hydrogen (secondary N) is 1. The van der Waals surface area contributed by atoms with Gasteiger partial charge in [0.1, 0.15) is 12.1 Å². The molecule has 0 bridgehead atoms. The van der Waals surface area contributed by atoms with Crippen LogP contribution in [0.3, 0.4) is 0 Å². The Balaban J connectivity index is 1.70. The molecule has 0 fully saturated rings. The third kappa shape index (κ3) is 3.74. The van der Waals surface area contributed by atoms with E-state index in [2.05, 4.69) is 31.4 Å². The summed E-state index contributed by atoms with van der Waals surface area (Å²) >= 11 is 15.2. The molecule has 9 heteroatoms. The van der Waals surface area contributed by atoms with E-state index in [-0.39, 0.29) is 12.5 Å². The lowest BCUT2D eigenvalue weighted by atomic mass is 10.3. The number of rotatable bonds is 4. The molecule has 23 heavy (non-hydrogen) atoms. The SMILES string of the molecule is O=C(COc1ccc(Cl)cc1Cl)Nc1cc(Br)cn2cnnc12. The Hall–Kier alpha value is -1.83. The summed E-state index contributed by atoms with van der Waals surface area (Å²) in [5.74, 6) is 0.0344. The van der Waals surface area contributed by atoms with Gasteiger partial charge in [0.2, 0.25) is 0 Å². The van der Waals surface area contributed by atoms with Crippen molar-refractivity contribution in [2.24, 2.45) is 0 Å². The van der Waals surface area contributed by atoms with Gasteiger partial charge in [-0.3, -0.25) is 9.20 Å². The van der Waals surface area contributed by atoms with Gasteiger partial charge >= 0.3 is 0 Å². The minimum absolute atomic E-state index is 0.200. The van der Waals surface area contributed by atoms with Crippen LogP contribution in [0.1, 0.15) is 0 Å². The predicted molar refractivity (Wildman–Crippen MR) is 91.3 cm³/mol. The lowest BCUT2D eigenvalue weighted by Crippen LogP contribution is -2.20. The molecule has 3 rings (SSSR count). The maximum atomic E-state index is 12.1. The molecule has 6 nitrogen and oxygen atoms in total. The van der Waals surface area contributed by atoms with Crippen molar-refractivity contribution >= 4 is 56.4 Å². The summed E-state index contributed by atoms with van der Waals surface area (Å²) in [6.07, 6.45) is 3.33. The van der Waals surface area contributed by atoms with Crippen LogP contribution in [0, 0.1) is 0 Å². The summed E-state index contributed by atoms with van der Waals surface area (Å²) in [5, 5.41) is 11.3. The van der Waals surface area contributed by atoms with Crippen LogP contribution >= 0.6 is 39.1 Å². The smallest absolute Gasteiger partial charge is 0.262 e. The molecule has 0 unspecified atom stereocenters. The molecule has 0 saturated heterocycles. The molecular weight excluding hydrogens is 407 g/mol. The van der Waals surface area contributed by atoms with Crippen molar-refractivity contribution in [3.05, 3.63) is 51.3 Å². The average molecular weight is 416 g/mol. The maximum Gasteiger partial charge on any atom is 0.262 e. The molecule has 1 N–H and O–H groups in total. The molecule has 0 aliphatic heterocycles. The van der Waals surface area contributed by atoms with E-state index < -0.39 is 0 Å². The van der Waals surface area contributed by atoms with Gasteiger partial charge in [0.05, 0.1) is 10.7 Å². The monoisotopic (exact) mass is 414 g/mol. The fraction of sp³-hybridized carbons (Fsp3) is 0.0714. The molecular formula is C14H9BrCl2N4O2. The van der Waals surface area contributed by atoms with Crippen LogP contribution in [0.4, 0.5) is 5.69 Å². The second-order valence-corrected chi connectivity index (χ2v) is 6.30. The summed E-state index contributed by atoms with van der Waals surface area (Å²) in [6, 6.07) is 6.52. The Labute approximate surface area is 149 Å². The minimum atomic E-state index is -0.348. The number of pyridine rings is 1. The molecule has 0 radical (unpaired) electrons. The number of amides is 1. The Morgan fingerprint density at radius 3 is 2.96 bits per heavy atom. The lowest BCUT2D eigenvalue weighted by molar-refractivity contribution is -0.118. The molecule has 1 amide bonds. The highest BCUT2D eigenvalue weighted by molar-refractivity contribution is 9.10. The number of halogens is 3. The number of carbonyl (C=O) groups excluding carboxylic acids is 1. The summed E-state index contributed by atoms with van der Waals surface area (Å²) in [7, 11) is 0. The van der Waals surface area contributed by atoms with Gasteiger partial charge in [0.15, 0.2) is 12.3 Å². The van der Waals surface area contributed by atoms with E-state index in [4.69, 9.17) is 27.9 Å². The highest BCUT2D eigenvalue weighted by Gasteiger charge is 2.11. The third-order valence-corrected chi connectivity index (χ3v) is 3.85. The number of aromatic nitrogens is 3. The highest BCUT2D eigenvalue weighted by Crippen LogP contribution is 2.27. The van der Waals surface area contributed by atoms with Crippen LogP contribution < -0.4 is 10.1 Å². The van der Waals surface area contributed by atoms with Crippen LogP contribution in [0.25, 0.3) is 5.65 Å². The van der Waals surface area contributed by atoms with Gasteiger partial charge in [-0.1, -0.05) is 23.2 Å².